The third-order valence-electron chi connectivity index (χ3n) is 3.15. The first-order valence-corrected chi connectivity index (χ1v) is 6.68. The summed E-state index contributed by atoms with van der Waals surface area (Å²) >= 11 is 5.92. The number of aryl methyl sites for hydroxylation is 2. The Balaban J connectivity index is 2.34. The number of anilines is 1. The summed E-state index contributed by atoms with van der Waals surface area (Å²) < 4.78 is 0. The van der Waals surface area contributed by atoms with E-state index in [1.54, 1.807) is 50.2 Å². The van der Waals surface area contributed by atoms with Crippen LogP contribution in [0.3, 0.4) is 0 Å². The zero-order chi connectivity index (χ0) is 15.6. The number of hydrogen-bond acceptors (Lipinski definition) is 2. The maximum Gasteiger partial charge on any atom is 0.338 e. The minimum Gasteiger partial charge on any atom is -0.478 e. The highest BCUT2D eigenvalue weighted by atomic mass is 35.5. The summed E-state index contributed by atoms with van der Waals surface area (Å²) in [7, 11) is 0. The number of halogens is 1. The van der Waals surface area contributed by atoms with Gasteiger partial charge in [-0.2, -0.15) is 0 Å². The molecule has 5 heteroatoms. The summed E-state index contributed by atoms with van der Waals surface area (Å²) in [5.74, 6) is -1.45. The lowest BCUT2D eigenvalue weighted by Gasteiger charge is -2.11. The van der Waals surface area contributed by atoms with Gasteiger partial charge >= 0.3 is 5.97 Å². The molecular formula is C16H14ClNO3. The van der Waals surface area contributed by atoms with E-state index in [-0.39, 0.29) is 17.2 Å². The molecule has 0 saturated carbocycles. The number of carboxylic acid groups (broad SMARTS) is 1. The predicted molar refractivity (Wildman–Crippen MR) is 82.3 cm³/mol. The molecule has 0 heterocycles. The molecule has 0 atom stereocenters. The van der Waals surface area contributed by atoms with E-state index in [1.165, 1.54) is 0 Å². The molecule has 0 radical (unpaired) electrons. The summed E-state index contributed by atoms with van der Waals surface area (Å²) in [4.78, 5) is 23.5. The Morgan fingerprint density at radius 2 is 1.81 bits per heavy atom. The van der Waals surface area contributed by atoms with Crippen LogP contribution in [-0.4, -0.2) is 17.0 Å². The number of amides is 1. The van der Waals surface area contributed by atoms with Crippen LogP contribution in [0.15, 0.2) is 36.4 Å². The van der Waals surface area contributed by atoms with Crippen molar-refractivity contribution in [3.05, 3.63) is 63.7 Å². The van der Waals surface area contributed by atoms with E-state index in [1.807, 2.05) is 0 Å². The Morgan fingerprint density at radius 1 is 1.10 bits per heavy atom. The molecule has 4 nitrogen and oxygen atoms in total. The topological polar surface area (TPSA) is 66.4 Å². The fourth-order valence-corrected chi connectivity index (χ4v) is 2.15. The standard InChI is InChI=1S/C16H14ClNO3/c1-9-4-3-5-13(14(9)16(20)21)18-15(19)11-6-7-12(17)10(2)8-11/h3-8H,1-2H3,(H,18,19)(H,20,21). The van der Waals surface area contributed by atoms with E-state index in [2.05, 4.69) is 5.32 Å². The third-order valence-corrected chi connectivity index (χ3v) is 3.58. The second-order valence-electron chi connectivity index (χ2n) is 4.72. The van der Waals surface area contributed by atoms with Crippen LogP contribution in [0.1, 0.15) is 31.8 Å². The van der Waals surface area contributed by atoms with Crippen molar-refractivity contribution < 1.29 is 14.7 Å². The van der Waals surface area contributed by atoms with E-state index in [9.17, 15) is 14.7 Å². The van der Waals surface area contributed by atoms with Gasteiger partial charge in [0, 0.05) is 10.6 Å². The van der Waals surface area contributed by atoms with Crippen LogP contribution < -0.4 is 5.32 Å². The van der Waals surface area contributed by atoms with Crippen molar-refractivity contribution >= 4 is 29.2 Å². The highest BCUT2D eigenvalue weighted by Gasteiger charge is 2.16. The van der Waals surface area contributed by atoms with E-state index in [0.717, 1.165) is 5.56 Å². The summed E-state index contributed by atoms with van der Waals surface area (Å²) in [6.07, 6.45) is 0. The minimum absolute atomic E-state index is 0.0940. The van der Waals surface area contributed by atoms with Gasteiger partial charge in [-0.1, -0.05) is 23.7 Å². The van der Waals surface area contributed by atoms with Gasteiger partial charge in [0.25, 0.3) is 5.91 Å². The summed E-state index contributed by atoms with van der Waals surface area (Å²) in [5.41, 5.74) is 2.17. The second kappa shape index (κ2) is 5.97. The van der Waals surface area contributed by atoms with Gasteiger partial charge in [-0.15, -0.1) is 0 Å². The van der Waals surface area contributed by atoms with Crippen LogP contribution in [0.4, 0.5) is 5.69 Å². The van der Waals surface area contributed by atoms with Gasteiger partial charge in [0.2, 0.25) is 0 Å². The first-order chi connectivity index (χ1) is 9.90. The minimum atomic E-state index is -1.07. The number of rotatable bonds is 3. The Kier molecular flexibility index (Phi) is 4.29. The van der Waals surface area contributed by atoms with Crippen LogP contribution in [-0.2, 0) is 0 Å². The number of nitrogens with one attached hydrogen (secondary N) is 1. The molecule has 0 bridgehead atoms. The van der Waals surface area contributed by atoms with Gasteiger partial charge in [0.05, 0.1) is 11.3 Å². The smallest absolute Gasteiger partial charge is 0.338 e. The van der Waals surface area contributed by atoms with Crippen LogP contribution >= 0.6 is 11.6 Å². The highest BCUT2D eigenvalue weighted by Crippen LogP contribution is 2.21. The lowest BCUT2D eigenvalue weighted by molar-refractivity contribution is 0.0697. The average molecular weight is 304 g/mol. The van der Waals surface area contributed by atoms with Crippen molar-refractivity contribution in [1.82, 2.24) is 0 Å². The van der Waals surface area contributed by atoms with E-state index in [0.29, 0.717) is 16.1 Å². The normalized spacial score (nSPS) is 10.2. The van der Waals surface area contributed by atoms with Gasteiger partial charge in [-0.25, -0.2) is 4.79 Å². The maximum atomic E-state index is 12.2. The number of aromatic carboxylic acids is 1. The lowest BCUT2D eigenvalue weighted by Crippen LogP contribution is -2.15. The van der Waals surface area contributed by atoms with Gasteiger partial charge in [-0.3, -0.25) is 4.79 Å². The third kappa shape index (κ3) is 3.23. The predicted octanol–water partition coefficient (Wildman–Crippen LogP) is 3.91. The van der Waals surface area contributed by atoms with Crippen molar-refractivity contribution in [1.29, 1.82) is 0 Å². The number of carbonyl (C=O) groups is 2. The molecular weight excluding hydrogens is 290 g/mol. The molecule has 2 N–H and O–H groups in total. The van der Waals surface area contributed by atoms with Crippen LogP contribution in [0.2, 0.25) is 5.02 Å². The highest BCUT2D eigenvalue weighted by molar-refractivity contribution is 6.31. The van der Waals surface area contributed by atoms with E-state index in [4.69, 9.17) is 11.6 Å². The molecule has 0 unspecified atom stereocenters. The van der Waals surface area contributed by atoms with Crippen molar-refractivity contribution in [2.45, 2.75) is 13.8 Å². The molecule has 2 aromatic rings. The Morgan fingerprint density at radius 3 is 2.43 bits per heavy atom. The summed E-state index contributed by atoms with van der Waals surface area (Å²) in [6.45, 7) is 3.49. The fourth-order valence-electron chi connectivity index (χ4n) is 2.04. The van der Waals surface area contributed by atoms with E-state index < -0.39 is 5.97 Å². The molecule has 21 heavy (non-hydrogen) atoms. The molecule has 0 saturated heterocycles. The maximum absolute atomic E-state index is 12.2. The van der Waals surface area contributed by atoms with Crippen molar-refractivity contribution in [3.63, 3.8) is 0 Å². The average Bonchev–Trinajstić information content (AvgIpc) is 2.41. The molecule has 1 amide bonds. The fraction of sp³-hybridized carbons (Fsp3) is 0.125. The van der Waals surface area contributed by atoms with Crippen LogP contribution in [0, 0.1) is 13.8 Å². The van der Waals surface area contributed by atoms with Crippen molar-refractivity contribution in [2.24, 2.45) is 0 Å². The first-order valence-electron chi connectivity index (χ1n) is 6.30. The van der Waals surface area contributed by atoms with Gasteiger partial charge in [0.1, 0.15) is 0 Å². The van der Waals surface area contributed by atoms with Gasteiger partial charge < -0.3 is 10.4 Å². The first kappa shape index (κ1) is 15.1. The number of hydrogen-bond donors (Lipinski definition) is 2. The molecule has 0 spiro atoms. The Bertz CT molecular complexity index is 725. The Labute approximate surface area is 127 Å². The number of benzene rings is 2. The zero-order valence-corrected chi connectivity index (χ0v) is 12.4. The molecule has 0 aromatic heterocycles. The van der Waals surface area contributed by atoms with Crippen molar-refractivity contribution in [3.8, 4) is 0 Å². The number of carbonyl (C=O) groups excluding carboxylic acids is 1. The number of carboxylic acids is 1. The molecule has 0 aliphatic rings. The van der Waals surface area contributed by atoms with Crippen LogP contribution in [0.5, 0.6) is 0 Å². The van der Waals surface area contributed by atoms with Gasteiger partial charge in [0.15, 0.2) is 0 Å². The van der Waals surface area contributed by atoms with E-state index >= 15 is 0 Å². The molecule has 0 aliphatic carbocycles. The Hall–Kier alpha value is -2.33. The van der Waals surface area contributed by atoms with Crippen LogP contribution in [0.25, 0.3) is 0 Å². The lowest BCUT2D eigenvalue weighted by atomic mass is 10.1. The SMILES string of the molecule is Cc1cc(C(=O)Nc2cccc(C)c2C(=O)O)ccc1Cl. The molecule has 2 rings (SSSR count). The summed E-state index contributed by atoms with van der Waals surface area (Å²) in [6, 6.07) is 9.85. The molecule has 0 aliphatic heterocycles. The molecule has 2 aromatic carbocycles. The molecule has 108 valence electrons. The monoisotopic (exact) mass is 303 g/mol. The second-order valence-corrected chi connectivity index (χ2v) is 5.13. The zero-order valence-electron chi connectivity index (χ0n) is 11.6. The largest absolute Gasteiger partial charge is 0.478 e. The quantitative estimate of drug-likeness (QED) is 0.903. The van der Waals surface area contributed by atoms with Gasteiger partial charge in [-0.05, 0) is 49.2 Å². The summed E-state index contributed by atoms with van der Waals surface area (Å²) in [5, 5.41) is 12.5. The van der Waals surface area contributed by atoms with Crippen molar-refractivity contribution in [2.75, 3.05) is 5.32 Å². The molecule has 0 fully saturated rings.